The SMILES string of the molecule is CCN(CC)C(=O)c1csc(-c2ccc(OCc3ccc(C(F)(F)F)cc3)cc2)n1. The van der Waals surface area contributed by atoms with Gasteiger partial charge in [0.2, 0.25) is 0 Å². The van der Waals surface area contributed by atoms with E-state index in [9.17, 15) is 18.0 Å². The first kappa shape index (κ1) is 21.8. The Morgan fingerprint density at radius 2 is 1.67 bits per heavy atom. The third-order valence-corrected chi connectivity index (χ3v) is 5.45. The Hall–Kier alpha value is -2.87. The highest BCUT2D eigenvalue weighted by atomic mass is 32.1. The molecule has 0 N–H and O–H groups in total. The number of amides is 1. The summed E-state index contributed by atoms with van der Waals surface area (Å²) in [6.45, 7) is 5.29. The van der Waals surface area contributed by atoms with Crippen molar-refractivity contribution in [3.05, 3.63) is 70.7 Å². The van der Waals surface area contributed by atoms with Crippen molar-refractivity contribution in [3.63, 3.8) is 0 Å². The molecular formula is C22H21F3N2O2S. The first-order valence-corrected chi connectivity index (χ1v) is 10.3. The van der Waals surface area contributed by atoms with Gasteiger partial charge in [-0.15, -0.1) is 11.3 Å². The maximum atomic E-state index is 12.6. The van der Waals surface area contributed by atoms with E-state index in [2.05, 4.69) is 4.98 Å². The van der Waals surface area contributed by atoms with Gasteiger partial charge < -0.3 is 9.64 Å². The van der Waals surface area contributed by atoms with E-state index in [4.69, 9.17) is 4.74 Å². The Morgan fingerprint density at radius 3 is 2.23 bits per heavy atom. The van der Waals surface area contributed by atoms with Crippen LogP contribution in [0.2, 0.25) is 0 Å². The normalized spacial score (nSPS) is 11.4. The smallest absolute Gasteiger partial charge is 0.416 e. The molecule has 0 saturated heterocycles. The molecule has 0 aliphatic heterocycles. The van der Waals surface area contributed by atoms with Gasteiger partial charge in [0.1, 0.15) is 23.1 Å². The maximum Gasteiger partial charge on any atom is 0.416 e. The Morgan fingerprint density at radius 1 is 1.03 bits per heavy atom. The molecule has 2 aromatic carbocycles. The number of hydrogen-bond acceptors (Lipinski definition) is 4. The zero-order valence-electron chi connectivity index (χ0n) is 16.6. The fourth-order valence-corrected chi connectivity index (χ4v) is 3.63. The molecule has 0 aliphatic rings. The Labute approximate surface area is 176 Å². The van der Waals surface area contributed by atoms with Crippen LogP contribution >= 0.6 is 11.3 Å². The second-order valence-corrected chi connectivity index (χ2v) is 7.38. The minimum absolute atomic E-state index is 0.0843. The highest BCUT2D eigenvalue weighted by Crippen LogP contribution is 2.30. The van der Waals surface area contributed by atoms with Gasteiger partial charge in [-0.1, -0.05) is 12.1 Å². The fourth-order valence-electron chi connectivity index (χ4n) is 2.83. The summed E-state index contributed by atoms with van der Waals surface area (Å²) in [5.74, 6) is 0.508. The number of aromatic nitrogens is 1. The van der Waals surface area contributed by atoms with E-state index in [1.54, 1.807) is 22.4 Å². The topological polar surface area (TPSA) is 42.4 Å². The largest absolute Gasteiger partial charge is 0.489 e. The summed E-state index contributed by atoms with van der Waals surface area (Å²) in [7, 11) is 0. The molecule has 0 radical (unpaired) electrons. The van der Waals surface area contributed by atoms with Gasteiger partial charge in [-0.05, 0) is 55.8 Å². The number of halogens is 3. The molecule has 1 heterocycles. The van der Waals surface area contributed by atoms with Crippen molar-refractivity contribution in [2.75, 3.05) is 13.1 Å². The van der Waals surface area contributed by atoms with Crippen molar-refractivity contribution in [1.29, 1.82) is 0 Å². The number of hydrogen-bond donors (Lipinski definition) is 0. The van der Waals surface area contributed by atoms with Crippen molar-refractivity contribution < 1.29 is 22.7 Å². The molecule has 0 spiro atoms. The first-order valence-electron chi connectivity index (χ1n) is 9.46. The Bertz CT molecular complexity index is 979. The minimum Gasteiger partial charge on any atom is -0.489 e. The molecule has 1 amide bonds. The molecule has 30 heavy (non-hydrogen) atoms. The van der Waals surface area contributed by atoms with Crippen LogP contribution in [0.5, 0.6) is 5.75 Å². The second-order valence-electron chi connectivity index (χ2n) is 6.52. The van der Waals surface area contributed by atoms with Crippen LogP contribution in [0.1, 0.15) is 35.5 Å². The van der Waals surface area contributed by atoms with Crippen molar-refractivity contribution in [3.8, 4) is 16.3 Å². The molecule has 0 aliphatic carbocycles. The van der Waals surface area contributed by atoms with E-state index in [0.717, 1.165) is 22.7 Å². The highest BCUT2D eigenvalue weighted by Gasteiger charge is 2.29. The third kappa shape index (κ3) is 5.18. The molecule has 0 saturated carbocycles. The summed E-state index contributed by atoms with van der Waals surface area (Å²) >= 11 is 1.40. The van der Waals surface area contributed by atoms with Gasteiger partial charge in [-0.3, -0.25) is 4.79 Å². The van der Waals surface area contributed by atoms with E-state index < -0.39 is 11.7 Å². The number of carbonyl (C=O) groups excluding carboxylic acids is 1. The molecule has 158 valence electrons. The predicted molar refractivity (Wildman–Crippen MR) is 111 cm³/mol. The van der Waals surface area contributed by atoms with E-state index in [1.807, 2.05) is 26.0 Å². The lowest BCUT2D eigenvalue weighted by Gasteiger charge is -2.16. The number of ether oxygens (including phenoxy) is 1. The van der Waals surface area contributed by atoms with Gasteiger partial charge in [0.15, 0.2) is 0 Å². The predicted octanol–water partition coefficient (Wildman–Crippen LogP) is 5.89. The highest BCUT2D eigenvalue weighted by molar-refractivity contribution is 7.13. The van der Waals surface area contributed by atoms with Gasteiger partial charge in [-0.2, -0.15) is 13.2 Å². The quantitative estimate of drug-likeness (QED) is 0.466. The number of thiazole rings is 1. The van der Waals surface area contributed by atoms with E-state index >= 15 is 0 Å². The fraction of sp³-hybridized carbons (Fsp3) is 0.273. The molecule has 4 nitrogen and oxygen atoms in total. The van der Waals surface area contributed by atoms with Crippen LogP contribution in [0, 0.1) is 0 Å². The van der Waals surface area contributed by atoms with Crippen LogP contribution in [0.3, 0.4) is 0 Å². The minimum atomic E-state index is -4.35. The van der Waals surface area contributed by atoms with E-state index in [0.29, 0.717) is 30.1 Å². The molecule has 0 atom stereocenters. The average molecular weight is 434 g/mol. The Kier molecular flexibility index (Phi) is 6.77. The van der Waals surface area contributed by atoms with Crippen LogP contribution in [-0.4, -0.2) is 28.9 Å². The summed E-state index contributed by atoms with van der Waals surface area (Å²) in [4.78, 5) is 18.6. The lowest BCUT2D eigenvalue weighted by molar-refractivity contribution is -0.137. The summed E-state index contributed by atoms with van der Waals surface area (Å²) < 4.78 is 43.5. The number of nitrogens with zero attached hydrogens (tertiary/aromatic N) is 2. The molecule has 1 aromatic heterocycles. The van der Waals surface area contributed by atoms with Crippen LogP contribution in [-0.2, 0) is 12.8 Å². The summed E-state index contributed by atoms with van der Waals surface area (Å²) in [5, 5.41) is 2.49. The van der Waals surface area contributed by atoms with Gasteiger partial charge in [0.25, 0.3) is 5.91 Å². The van der Waals surface area contributed by atoms with Gasteiger partial charge in [0.05, 0.1) is 5.56 Å². The summed E-state index contributed by atoms with van der Waals surface area (Å²) in [5.41, 5.74) is 1.26. The summed E-state index contributed by atoms with van der Waals surface area (Å²) in [6, 6.07) is 12.1. The third-order valence-electron chi connectivity index (χ3n) is 4.56. The first-order chi connectivity index (χ1) is 14.3. The number of benzene rings is 2. The number of alkyl halides is 3. The van der Waals surface area contributed by atoms with Crippen LogP contribution in [0.15, 0.2) is 53.9 Å². The molecule has 0 bridgehead atoms. The zero-order valence-corrected chi connectivity index (χ0v) is 17.4. The van der Waals surface area contributed by atoms with Gasteiger partial charge >= 0.3 is 6.18 Å². The van der Waals surface area contributed by atoms with Gasteiger partial charge in [0, 0.05) is 24.0 Å². The molecule has 0 unspecified atom stereocenters. The van der Waals surface area contributed by atoms with Crippen molar-refractivity contribution in [2.45, 2.75) is 26.6 Å². The monoisotopic (exact) mass is 434 g/mol. The maximum absolute atomic E-state index is 12.6. The summed E-state index contributed by atoms with van der Waals surface area (Å²) in [6.07, 6.45) is -4.35. The molecule has 3 aromatic rings. The average Bonchev–Trinajstić information content (AvgIpc) is 3.23. The molecule has 0 fully saturated rings. The van der Waals surface area contributed by atoms with Crippen molar-refractivity contribution in [2.24, 2.45) is 0 Å². The lowest BCUT2D eigenvalue weighted by atomic mass is 10.1. The van der Waals surface area contributed by atoms with Gasteiger partial charge in [-0.25, -0.2) is 4.98 Å². The van der Waals surface area contributed by atoms with E-state index in [1.165, 1.54) is 23.5 Å². The van der Waals surface area contributed by atoms with Crippen LogP contribution < -0.4 is 4.74 Å². The molecule has 3 rings (SSSR count). The standard InChI is InChI=1S/C22H21F3N2O2S/c1-3-27(4-2)21(28)19-14-30-20(26-19)16-7-11-18(12-8-16)29-13-15-5-9-17(10-6-15)22(23,24)25/h5-12,14H,3-4,13H2,1-2H3. The molecule has 8 heteroatoms. The number of carbonyl (C=O) groups is 1. The lowest BCUT2D eigenvalue weighted by Crippen LogP contribution is -2.30. The van der Waals surface area contributed by atoms with Crippen LogP contribution in [0.4, 0.5) is 13.2 Å². The van der Waals surface area contributed by atoms with Crippen molar-refractivity contribution >= 4 is 17.2 Å². The Balaban J connectivity index is 1.62. The zero-order chi connectivity index (χ0) is 21.7. The van der Waals surface area contributed by atoms with E-state index in [-0.39, 0.29) is 12.5 Å². The molecular weight excluding hydrogens is 413 g/mol. The number of rotatable bonds is 7. The van der Waals surface area contributed by atoms with Crippen molar-refractivity contribution in [1.82, 2.24) is 9.88 Å². The second kappa shape index (κ2) is 9.30. The van der Waals surface area contributed by atoms with Crippen LogP contribution in [0.25, 0.3) is 10.6 Å².